The Labute approximate surface area is 174 Å². The zero-order chi connectivity index (χ0) is 21.8. The summed E-state index contributed by atoms with van der Waals surface area (Å²) in [5.74, 6) is -1.77. The molecule has 7 heteroatoms. The molecule has 2 N–H and O–H groups in total. The first-order valence-corrected chi connectivity index (χ1v) is 9.77. The molecule has 1 aliphatic heterocycles. The van der Waals surface area contributed by atoms with E-state index in [-0.39, 0.29) is 30.1 Å². The van der Waals surface area contributed by atoms with Crippen molar-refractivity contribution in [2.75, 3.05) is 19.8 Å². The lowest BCUT2D eigenvalue weighted by Gasteiger charge is -2.25. The summed E-state index contributed by atoms with van der Waals surface area (Å²) in [5, 5.41) is 19.9. The van der Waals surface area contributed by atoms with Gasteiger partial charge in [-0.2, -0.15) is 0 Å². The second-order valence-electron chi connectivity index (χ2n) is 7.10. The van der Waals surface area contributed by atoms with Gasteiger partial charge in [-0.15, -0.1) is 0 Å². The molecule has 0 aliphatic carbocycles. The maximum absolute atomic E-state index is 13.7. The number of aliphatic hydroxyl groups excluding tert-OH is 2. The van der Waals surface area contributed by atoms with Crippen molar-refractivity contribution in [1.82, 2.24) is 4.90 Å². The average Bonchev–Trinajstić information content (AvgIpc) is 2.99. The molecule has 2 aromatic carbocycles. The fourth-order valence-corrected chi connectivity index (χ4v) is 3.58. The van der Waals surface area contributed by atoms with E-state index in [1.807, 2.05) is 6.92 Å². The molecular formula is C23H24FNO5. The van der Waals surface area contributed by atoms with E-state index in [1.54, 1.807) is 31.2 Å². The van der Waals surface area contributed by atoms with Crippen LogP contribution in [0, 0.1) is 12.7 Å². The van der Waals surface area contributed by atoms with Crippen LogP contribution in [0.5, 0.6) is 5.75 Å². The highest BCUT2D eigenvalue weighted by Crippen LogP contribution is 2.40. The lowest BCUT2D eigenvalue weighted by molar-refractivity contribution is -0.139. The summed E-state index contributed by atoms with van der Waals surface area (Å²) in [6, 6.07) is 10.1. The fraction of sp³-hybridized carbons (Fsp3) is 0.304. The largest absolute Gasteiger partial charge is 0.507 e. The number of amides is 1. The van der Waals surface area contributed by atoms with E-state index in [4.69, 9.17) is 9.84 Å². The molecular weight excluding hydrogens is 389 g/mol. The number of hydrogen-bond acceptors (Lipinski definition) is 5. The van der Waals surface area contributed by atoms with Crippen LogP contribution < -0.4 is 4.74 Å². The minimum Gasteiger partial charge on any atom is -0.507 e. The topological polar surface area (TPSA) is 87.1 Å². The number of ether oxygens (including phenoxy) is 1. The summed E-state index contributed by atoms with van der Waals surface area (Å²) in [4.78, 5) is 27.0. The number of ketones is 1. The van der Waals surface area contributed by atoms with E-state index in [0.29, 0.717) is 29.8 Å². The van der Waals surface area contributed by atoms with Crippen LogP contribution in [0.15, 0.2) is 48.0 Å². The van der Waals surface area contributed by atoms with E-state index in [9.17, 15) is 19.1 Å². The number of Topliss-reactive ketones (excluding diaryl/α,β-unsaturated/α-hetero) is 1. The number of carbonyl (C=O) groups excluding carboxylic acids is 2. The minimum atomic E-state index is -0.798. The number of aliphatic hydroxyl groups is 2. The Balaban J connectivity index is 2.15. The summed E-state index contributed by atoms with van der Waals surface area (Å²) in [7, 11) is 0. The molecule has 1 aliphatic rings. The van der Waals surface area contributed by atoms with Crippen LogP contribution in [0.4, 0.5) is 4.39 Å². The zero-order valence-electron chi connectivity index (χ0n) is 16.9. The zero-order valence-corrected chi connectivity index (χ0v) is 16.9. The maximum atomic E-state index is 13.7. The number of nitrogens with zero attached hydrogens (tertiary/aromatic N) is 1. The fourth-order valence-electron chi connectivity index (χ4n) is 3.58. The van der Waals surface area contributed by atoms with Crippen LogP contribution in [0.3, 0.4) is 0 Å². The van der Waals surface area contributed by atoms with Gasteiger partial charge in [0.15, 0.2) is 0 Å². The number of likely N-dealkylation sites (tertiary alicyclic amines) is 1. The van der Waals surface area contributed by atoms with Crippen molar-refractivity contribution in [2.45, 2.75) is 26.3 Å². The standard InChI is InChI=1S/C23H24FNO5/c1-3-9-25-20(15-5-4-6-17(13-15)30-11-10-26)19(22(28)23(25)29)21(27)16-7-8-18(24)14(2)12-16/h4-8,12-13,20,26-27H,3,9-11H2,1-2H3/b21-19-. The Morgan fingerprint density at radius 3 is 2.63 bits per heavy atom. The Kier molecular flexibility index (Phi) is 6.52. The molecule has 30 heavy (non-hydrogen) atoms. The van der Waals surface area contributed by atoms with Gasteiger partial charge in [0.2, 0.25) is 0 Å². The number of rotatable bonds is 7. The van der Waals surface area contributed by atoms with E-state index in [2.05, 4.69) is 0 Å². The van der Waals surface area contributed by atoms with Crippen molar-refractivity contribution in [3.05, 3.63) is 70.5 Å². The molecule has 3 rings (SSSR count). The summed E-state index contributed by atoms with van der Waals surface area (Å²) >= 11 is 0. The molecule has 1 fully saturated rings. The first-order chi connectivity index (χ1) is 14.4. The maximum Gasteiger partial charge on any atom is 0.295 e. The van der Waals surface area contributed by atoms with E-state index in [1.165, 1.54) is 23.1 Å². The third-order valence-electron chi connectivity index (χ3n) is 4.97. The van der Waals surface area contributed by atoms with Gasteiger partial charge in [0.1, 0.15) is 23.9 Å². The highest BCUT2D eigenvalue weighted by Gasteiger charge is 2.45. The minimum absolute atomic E-state index is 0.0428. The van der Waals surface area contributed by atoms with Gasteiger partial charge in [0.05, 0.1) is 18.2 Å². The third kappa shape index (κ3) is 4.07. The average molecular weight is 413 g/mol. The van der Waals surface area contributed by atoms with Gasteiger partial charge in [0, 0.05) is 12.1 Å². The second-order valence-corrected chi connectivity index (χ2v) is 7.10. The summed E-state index contributed by atoms with van der Waals surface area (Å²) in [6.07, 6.45) is 0.625. The Morgan fingerprint density at radius 2 is 1.97 bits per heavy atom. The molecule has 1 atom stereocenters. The van der Waals surface area contributed by atoms with Gasteiger partial charge < -0.3 is 19.8 Å². The van der Waals surface area contributed by atoms with Crippen molar-refractivity contribution in [1.29, 1.82) is 0 Å². The van der Waals surface area contributed by atoms with E-state index >= 15 is 0 Å². The first-order valence-electron chi connectivity index (χ1n) is 9.77. The van der Waals surface area contributed by atoms with E-state index < -0.39 is 23.5 Å². The predicted molar refractivity (Wildman–Crippen MR) is 109 cm³/mol. The van der Waals surface area contributed by atoms with Gasteiger partial charge in [-0.05, 0) is 54.8 Å². The molecule has 6 nitrogen and oxygen atoms in total. The normalized spacial score (nSPS) is 18.1. The van der Waals surface area contributed by atoms with Crippen LogP contribution in [0.2, 0.25) is 0 Å². The number of benzene rings is 2. The SMILES string of the molecule is CCCN1C(=O)C(=O)/C(=C(\O)c2ccc(F)c(C)c2)C1c1cccc(OCCO)c1. The monoisotopic (exact) mass is 413 g/mol. The highest BCUT2D eigenvalue weighted by molar-refractivity contribution is 6.46. The van der Waals surface area contributed by atoms with Crippen LogP contribution in [0.1, 0.15) is 36.1 Å². The van der Waals surface area contributed by atoms with Gasteiger partial charge in [-0.3, -0.25) is 9.59 Å². The van der Waals surface area contributed by atoms with Crippen LogP contribution in [-0.4, -0.2) is 46.6 Å². The Bertz CT molecular complexity index is 1000. The van der Waals surface area contributed by atoms with Crippen molar-refractivity contribution in [3.63, 3.8) is 0 Å². The van der Waals surface area contributed by atoms with Crippen molar-refractivity contribution in [3.8, 4) is 5.75 Å². The molecule has 0 saturated carbocycles. The van der Waals surface area contributed by atoms with Crippen molar-refractivity contribution >= 4 is 17.4 Å². The van der Waals surface area contributed by atoms with E-state index in [0.717, 1.165) is 0 Å². The molecule has 2 aromatic rings. The molecule has 0 aromatic heterocycles. The molecule has 0 spiro atoms. The quantitative estimate of drug-likeness (QED) is 0.413. The Morgan fingerprint density at radius 1 is 1.20 bits per heavy atom. The summed E-state index contributed by atoms with van der Waals surface area (Å²) in [6.45, 7) is 3.73. The van der Waals surface area contributed by atoms with Gasteiger partial charge >= 0.3 is 0 Å². The van der Waals surface area contributed by atoms with Gasteiger partial charge in [-0.1, -0.05) is 19.1 Å². The molecule has 0 bridgehead atoms. The number of hydrogen-bond donors (Lipinski definition) is 2. The molecule has 1 unspecified atom stereocenters. The van der Waals surface area contributed by atoms with Crippen LogP contribution in [0.25, 0.3) is 5.76 Å². The third-order valence-corrected chi connectivity index (χ3v) is 4.97. The molecule has 158 valence electrons. The van der Waals surface area contributed by atoms with Crippen LogP contribution in [-0.2, 0) is 9.59 Å². The highest BCUT2D eigenvalue weighted by atomic mass is 19.1. The lowest BCUT2D eigenvalue weighted by Crippen LogP contribution is -2.30. The van der Waals surface area contributed by atoms with Crippen LogP contribution >= 0.6 is 0 Å². The number of aryl methyl sites for hydroxylation is 1. The predicted octanol–water partition coefficient (Wildman–Crippen LogP) is 3.34. The number of carbonyl (C=O) groups is 2. The van der Waals surface area contributed by atoms with Crippen molar-refractivity contribution in [2.24, 2.45) is 0 Å². The molecule has 1 saturated heterocycles. The van der Waals surface area contributed by atoms with Gasteiger partial charge in [-0.25, -0.2) is 4.39 Å². The molecule has 0 radical (unpaired) electrons. The second kappa shape index (κ2) is 9.09. The molecule has 1 amide bonds. The lowest BCUT2D eigenvalue weighted by atomic mass is 9.94. The van der Waals surface area contributed by atoms with Gasteiger partial charge in [0.25, 0.3) is 11.7 Å². The number of halogens is 1. The Hall–Kier alpha value is -3.19. The summed E-state index contributed by atoms with van der Waals surface area (Å²) in [5.41, 5.74) is 1.14. The first kappa shape index (κ1) is 21.5. The van der Waals surface area contributed by atoms with Crippen molar-refractivity contribution < 1.29 is 28.9 Å². The smallest absolute Gasteiger partial charge is 0.295 e. The summed E-state index contributed by atoms with van der Waals surface area (Å²) < 4.78 is 19.1. The molecule has 1 heterocycles.